The van der Waals surface area contributed by atoms with Gasteiger partial charge in [-0.15, -0.1) is 11.3 Å². The van der Waals surface area contributed by atoms with Crippen LogP contribution in [0.25, 0.3) is 10.2 Å². The van der Waals surface area contributed by atoms with Crippen molar-refractivity contribution in [1.29, 1.82) is 0 Å². The standard InChI is InChI=1S/C7H5NS2/c9-7-8-5-3-1-2-4-6(5)10-7/h1-4H,(H,8,9)/i1D,2D,3D,4D. The van der Waals surface area contributed by atoms with Crippen molar-refractivity contribution < 1.29 is 5.48 Å². The molecule has 0 amide bonds. The van der Waals surface area contributed by atoms with Gasteiger partial charge in [0, 0.05) is 0 Å². The minimum absolute atomic E-state index is 0.0293. The fourth-order valence-electron chi connectivity index (χ4n) is 0.686. The number of aromatic amines is 1. The number of fused-ring (bicyclic) bond motifs is 1. The molecule has 1 nitrogen and oxygen atoms in total. The monoisotopic (exact) mass is 171 g/mol. The van der Waals surface area contributed by atoms with Crippen molar-refractivity contribution in [3.05, 3.63) is 28.1 Å². The van der Waals surface area contributed by atoms with Gasteiger partial charge in [-0.1, -0.05) is 12.1 Å². The number of H-pyrrole nitrogens is 1. The van der Waals surface area contributed by atoms with Crippen molar-refractivity contribution >= 4 is 33.8 Å². The second-order valence-corrected chi connectivity index (χ2v) is 3.41. The van der Waals surface area contributed by atoms with Gasteiger partial charge in [-0.25, -0.2) is 0 Å². The largest absolute Gasteiger partial charge is 0.337 e. The molecule has 0 aliphatic carbocycles. The molecule has 1 N–H and O–H groups in total. The van der Waals surface area contributed by atoms with Crippen LogP contribution in [-0.4, -0.2) is 4.98 Å². The van der Waals surface area contributed by atoms with Crippen LogP contribution in [0.4, 0.5) is 0 Å². The molecule has 0 saturated carbocycles. The number of nitrogens with one attached hydrogen (secondary N) is 1. The number of benzene rings is 1. The Balaban J connectivity index is 3.08. The highest BCUT2D eigenvalue weighted by Gasteiger charge is 1.91. The summed E-state index contributed by atoms with van der Waals surface area (Å²) in [5, 5.41) is 0. The molecule has 10 heavy (non-hydrogen) atoms. The van der Waals surface area contributed by atoms with Crippen molar-refractivity contribution in [3.63, 3.8) is 0 Å². The van der Waals surface area contributed by atoms with E-state index < -0.39 is 0 Å². The van der Waals surface area contributed by atoms with E-state index in [1.165, 1.54) is 0 Å². The normalized spacial score (nSPS) is 16.0. The van der Waals surface area contributed by atoms with Gasteiger partial charge in [-0.2, -0.15) is 0 Å². The third-order valence-electron chi connectivity index (χ3n) is 1.07. The minimum Gasteiger partial charge on any atom is -0.337 e. The third kappa shape index (κ3) is 0.874. The maximum atomic E-state index is 7.59. The first-order chi connectivity index (χ1) is 6.52. The topological polar surface area (TPSA) is 15.8 Å². The zero-order valence-electron chi connectivity index (χ0n) is 8.82. The Kier molecular flexibility index (Phi) is 0.687. The SMILES string of the molecule is [2H]c1c([2H])c([2H])c2sc(=S)[nH]c2c1[2H]. The molecule has 0 radical (unpaired) electrons. The second kappa shape index (κ2) is 2.18. The van der Waals surface area contributed by atoms with E-state index in [-0.39, 0.29) is 24.2 Å². The summed E-state index contributed by atoms with van der Waals surface area (Å²) in [6, 6.07) is -0.536. The van der Waals surface area contributed by atoms with E-state index in [0.717, 1.165) is 11.3 Å². The van der Waals surface area contributed by atoms with Crippen LogP contribution in [-0.2, 0) is 0 Å². The van der Waals surface area contributed by atoms with E-state index in [9.17, 15) is 0 Å². The molecule has 1 aromatic carbocycles. The van der Waals surface area contributed by atoms with Crippen LogP contribution in [0.1, 0.15) is 5.48 Å². The zero-order valence-corrected chi connectivity index (χ0v) is 6.45. The predicted molar refractivity (Wildman–Crippen MR) is 47.0 cm³/mol. The predicted octanol–water partition coefficient (Wildman–Crippen LogP) is 2.96. The summed E-state index contributed by atoms with van der Waals surface area (Å²) < 4.78 is 31.0. The molecule has 3 heteroatoms. The van der Waals surface area contributed by atoms with Crippen LogP contribution >= 0.6 is 23.6 Å². The Hall–Kier alpha value is -0.670. The summed E-state index contributed by atoms with van der Waals surface area (Å²) in [7, 11) is 0. The Labute approximate surface area is 73.0 Å². The van der Waals surface area contributed by atoms with E-state index in [1.807, 2.05) is 0 Å². The molecule has 0 bridgehead atoms. The molecule has 1 heterocycles. The summed E-state index contributed by atoms with van der Waals surface area (Å²) in [6.45, 7) is 0. The lowest BCUT2D eigenvalue weighted by Crippen LogP contribution is -1.62. The molecule has 0 fully saturated rings. The zero-order chi connectivity index (χ0) is 10.5. The summed E-state index contributed by atoms with van der Waals surface area (Å²) >= 11 is 6.06. The highest BCUT2D eigenvalue weighted by molar-refractivity contribution is 7.73. The average molecular weight is 171 g/mol. The fraction of sp³-hybridized carbons (Fsp3) is 0. The fourth-order valence-corrected chi connectivity index (χ4v) is 1.68. The van der Waals surface area contributed by atoms with Gasteiger partial charge >= 0.3 is 0 Å². The highest BCUT2D eigenvalue weighted by atomic mass is 32.1. The number of para-hydroxylation sites is 1. The summed E-state index contributed by atoms with van der Waals surface area (Å²) in [5.41, 5.74) is 0.394. The minimum atomic E-state index is -0.230. The molecule has 2 aromatic rings. The Morgan fingerprint density at radius 3 is 3.20 bits per heavy atom. The van der Waals surface area contributed by atoms with Crippen molar-refractivity contribution in [1.82, 2.24) is 4.98 Å². The molecule has 0 aliphatic rings. The number of thiazole rings is 1. The van der Waals surface area contributed by atoms with Crippen molar-refractivity contribution in [2.75, 3.05) is 0 Å². The molecule has 0 spiro atoms. The van der Waals surface area contributed by atoms with Crippen LogP contribution in [0.3, 0.4) is 0 Å². The first kappa shape index (κ1) is 3.15. The highest BCUT2D eigenvalue weighted by Crippen LogP contribution is 2.17. The Morgan fingerprint density at radius 1 is 1.50 bits per heavy atom. The van der Waals surface area contributed by atoms with Gasteiger partial charge in [0.1, 0.15) is 0 Å². The lowest BCUT2D eigenvalue weighted by atomic mass is 10.3. The summed E-state index contributed by atoms with van der Waals surface area (Å²) in [5.74, 6) is 0. The Bertz CT molecular complexity index is 523. The Morgan fingerprint density at radius 2 is 2.30 bits per heavy atom. The molecular formula is C7H5NS2. The smallest absolute Gasteiger partial charge is 0.159 e. The van der Waals surface area contributed by atoms with Crippen LogP contribution < -0.4 is 0 Å². The second-order valence-electron chi connectivity index (χ2n) is 1.72. The van der Waals surface area contributed by atoms with Crippen LogP contribution in [0.5, 0.6) is 0 Å². The molecule has 1 aromatic heterocycles. The van der Waals surface area contributed by atoms with Gasteiger partial charge in [0.25, 0.3) is 0 Å². The summed E-state index contributed by atoms with van der Waals surface area (Å²) in [4.78, 5) is 2.76. The lowest BCUT2D eigenvalue weighted by molar-refractivity contribution is 1.47. The van der Waals surface area contributed by atoms with Gasteiger partial charge in [0.15, 0.2) is 3.95 Å². The van der Waals surface area contributed by atoms with Crippen molar-refractivity contribution in [3.8, 4) is 0 Å². The van der Waals surface area contributed by atoms with Gasteiger partial charge in [-0.05, 0) is 24.3 Å². The molecule has 0 saturated heterocycles. The molecule has 2 rings (SSSR count). The maximum Gasteiger partial charge on any atom is 0.159 e. The maximum absolute atomic E-state index is 7.59. The number of hydrogen-bond acceptors (Lipinski definition) is 2. The van der Waals surface area contributed by atoms with Gasteiger partial charge in [0.05, 0.1) is 15.7 Å². The van der Waals surface area contributed by atoms with E-state index in [0.29, 0.717) is 14.2 Å². The summed E-state index contributed by atoms with van der Waals surface area (Å²) in [6.07, 6.45) is 0. The first-order valence-corrected chi connectivity index (χ1v) is 3.84. The van der Waals surface area contributed by atoms with Gasteiger partial charge in [0.2, 0.25) is 0 Å². The van der Waals surface area contributed by atoms with Crippen molar-refractivity contribution in [2.45, 2.75) is 0 Å². The molecule has 0 unspecified atom stereocenters. The van der Waals surface area contributed by atoms with Gasteiger partial charge in [-0.3, -0.25) is 0 Å². The van der Waals surface area contributed by atoms with Crippen LogP contribution in [0.15, 0.2) is 24.2 Å². The molecule has 50 valence electrons. The molecule has 0 aliphatic heterocycles. The van der Waals surface area contributed by atoms with Gasteiger partial charge < -0.3 is 4.98 Å². The number of hydrogen-bond donors (Lipinski definition) is 1. The quantitative estimate of drug-likeness (QED) is 0.602. The first-order valence-electron chi connectivity index (χ1n) is 4.61. The van der Waals surface area contributed by atoms with Crippen LogP contribution in [0.2, 0.25) is 0 Å². The lowest BCUT2D eigenvalue weighted by Gasteiger charge is -1.81. The molecular weight excluding hydrogens is 162 g/mol. The van der Waals surface area contributed by atoms with E-state index in [2.05, 4.69) is 4.98 Å². The van der Waals surface area contributed by atoms with Crippen LogP contribution in [0, 0.1) is 3.95 Å². The van der Waals surface area contributed by atoms with E-state index >= 15 is 0 Å². The third-order valence-corrected chi connectivity index (χ3v) is 2.22. The molecule has 0 atom stereocenters. The van der Waals surface area contributed by atoms with Crippen molar-refractivity contribution in [2.24, 2.45) is 0 Å². The van der Waals surface area contributed by atoms with E-state index in [1.54, 1.807) is 0 Å². The number of rotatable bonds is 0. The average Bonchev–Trinajstić information content (AvgIpc) is 2.54. The van der Waals surface area contributed by atoms with E-state index in [4.69, 9.17) is 17.7 Å². The number of aromatic nitrogens is 1.